The molecule has 4 heteroatoms. The predicted octanol–water partition coefficient (Wildman–Crippen LogP) is 0.934. The molecule has 0 spiro atoms. The molecule has 12 heavy (non-hydrogen) atoms. The molecule has 66 valence electrons. The highest BCUT2D eigenvalue weighted by molar-refractivity contribution is 5.81. The Balaban J connectivity index is 2.86. The molecule has 1 rings (SSSR count). The molecule has 0 bridgehead atoms. The van der Waals surface area contributed by atoms with Crippen LogP contribution in [0.5, 0.6) is 0 Å². The second-order valence-corrected chi connectivity index (χ2v) is 3.18. The minimum absolute atomic E-state index is 0.457. The number of aldehydes is 1. The lowest BCUT2D eigenvalue weighted by Crippen LogP contribution is -2.09. The van der Waals surface area contributed by atoms with Gasteiger partial charge >= 0.3 is 0 Å². The Morgan fingerprint density at radius 1 is 1.75 bits per heavy atom. The second-order valence-electron chi connectivity index (χ2n) is 3.18. The highest BCUT2D eigenvalue weighted by atomic mass is 16.1. The maximum absolute atomic E-state index is 10.4. The van der Waals surface area contributed by atoms with Gasteiger partial charge in [0, 0.05) is 6.54 Å². The summed E-state index contributed by atoms with van der Waals surface area (Å²) in [6.45, 7) is 4.89. The average Bonchev–Trinajstić information content (AvgIpc) is 2.32. The first-order valence-corrected chi connectivity index (χ1v) is 3.91. The van der Waals surface area contributed by atoms with Gasteiger partial charge in [-0.05, 0) is 5.92 Å². The van der Waals surface area contributed by atoms with Crippen molar-refractivity contribution in [3.63, 3.8) is 0 Å². The molecule has 0 saturated heterocycles. The number of nitrogen functional groups attached to an aromatic ring is 1. The molecule has 0 aromatic carbocycles. The molecule has 0 atom stereocenters. The molecule has 0 radical (unpaired) electrons. The Morgan fingerprint density at radius 3 is 2.83 bits per heavy atom. The van der Waals surface area contributed by atoms with Crippen LogP contribution in [-0.4, -0.2) is 16.1 Å². The molecule has 0 saturated carbocycles. The summed E-state index contributed by atoms with van der Waals surface area (Å²) >= 11 is 0. The maximum Gasteiger partial charge on any atom is 0.155 e. The predicted molar refractivity (Wildman–Crippen MR) is 46.9 cm³/mol. The number of nitrogens with two attached hydrogens (primary N) is 1. The molecule has 0 aliphatic heterocycles. The number of nitrogens with zero attached hydrogens (tertiary/aromatic N) is 2. The standard InChI is InChI=1S/C8H13N3O/c1-6(2)4-11-8(9)7(5-12)3-10-11/h3,5-6H,4,9H2,1-2H3. The molecular formula is C8H13N3O. The first kappa shape index (κ1) is 8.77. The summed E-state index contributed by atoms with van der Waals surface area (Å²) in [6.07, 6.45) is 2.21. The van der Waals surface area contributed by atoms with Gasteiger partial charge in [-0.2, -0.15) is 5.10 Å². The average molecular weight is 167 g/mol. The van der Waals surface area contributed by atoms with E-state index in [9.17, 15) is 4.79 Å². The Hall–Kier alpha value is -1.32. The first-order chi connectivity index (χ1) is 5.65. The van der Waals surface area contributed by atoms with Crippen molar-refractivity contribution in [3.05, 3.63) is 11.8 Å². The molecule has 0 aliphatic carbocycles. The fraction of sp³-hybridized carbons (Fsp3) is 0.500. The molecule has 0 aliphatic rings. The summed E-state index contributed by atoms with van der Waals surface area (Å²) in [7, 11) is 0. The zero-order valence-corrected chi connectivity index (χ0v) is 7.32. The van der Waals surface area contributed by atoms with Crippen molar-refractivity contribution in [1.29, 1.82) is 0 Å². The largest absolute Gasteiger partial charge is 0.383 e. The number of hydrogen-bond acceptors (Lipinski definition) is 3. The SMILES string of the molecule is CC(C)Cn1ncc(C=O)c1N. The van der Waals surface area contributed by atoms with E-state index in [0.29, 0.717) is 17.3 Å². The van der Waals surface area contributed by atoms with Gasteiger partial charge in [0.25, 0.3) is 0 Å². The molecule has 1 aromatic heterocycles. The van der Waals surface area contributed by atoms with Crippen LogP contribution in [0.3, 0.4) is 0 Å². The van der Waals surface area contributed by atoms with E-state index in [1.54, 1.807) is 4.68 Å². The fourth-order valence-electron chi connectivity index (χ4n) is 0.991. The molecule has 4 nitrogen and oxygen atoms in total. The monoisotopic (exact) mass is 167 g/mol. The maximum atomic E-state index is 10.4. The van der Waals surface area contributed by atoms with Crippen LogP contribution in [0.1, 0.15) is 24.2 Å². The number of carbonyl (C=O) groups excluding carboxylic acids is 1. The van der Waals surface area contributed by atoms with Crippen LogP contribution in [0.2, 0.25) is 0 Å². The summed E-state index contributed by atoms with van der Waals surface area (Å²) in [5.74, 6) is 0.936. The fourth-order valence-corrected chi connectivity index (χ4v) is 0.991. The Kier molecular flexibility index (Phi) is 2.47. The van der Waals surface area contributed by atoms with Gasteiger partial charge in [-0.25, -0.2) is 4.68 Å². The molecule has 2 N–H and O–H groups in total. The second kappa shape index (κ2) is 3.38. The molecule has 1 heterocycles. The van der Waals surface area contributed by atoms with E-state index in [1.165, 1.54) is 6.20 Å². The van der Waals surface area contributed by atoms with Gasteiger partial charge in [0.05, 0.1) is 11.8 Å². The topological polar surface area (TPSA) is 60.9 Å². The zero-order chi connectivity index (χ0) is 9.14. The van der Waals surface area contributed by atoms with E-state index in [4.69, 9.17) is 5.73 Å². The summed E-state index contributed by atoms with van der Waals surface area (Å²) < 4.78 is 1.65. The van der Waals surface area contributed by atoms with Gasteiger partial charge in [0.15, 0.2) is 6.29 Å². The lowest BCUT2D eigenvalue weighted by Gasteiger charge is -2.06. The minimum Gasteiger partial charge on any atom is -0.383 e. The molecule has 0 fully saturated rings. The smallest absolute Gasteiger partial charge is 0.155 e. The normalized spacial score (nSPS) is 10.6. The van der Waals surface area contributed by atoms with Crippen molar-refractivity contribution in [2.24, 2.45) is 5.92 Å². The third kappa shape index (κ3) is 1.64. The summed E-state index contributed by atoms with van der Waals surface area (Å²) in [5, 5.41) is 3.99. The van der Waals surface area contributed by atoms with Crippen LogP contribution in [0.15, 0.2) is 6.20 Å². The first-order valence-electron chi connectivity index (χ1n) is 3.91. The van der Waals surface area contributed by atoms with E-state index < -0.39 is 0 Å². The van der Waals surface area contributed by atoms with Crippen LogP contribution < -0.4 is 5.73 Å². The number of carbonyl (C=O) groups is 1. The third-order valence-electron chi connectivity index (χ3n) is 1.58. The number of hydrogen-bond donors (Lipinski definition) is 1. The van der Waals surface area contributed by atoms with E-state index in [-0.39, 0.29) is 0 Å². The summed E-state index contributed by atoms with van der Waals surface area (Å²) in [4.78, 5) is 10.4. The van der Waals surface area contributed by atoms with Gasteiger partial charge in [-0.1, -0.05) is 13.8 Å². The highest BCUT2D eigenvalue weighted by Gasteiger charge is 2.06. The van der Waals surface area contributed by atoms with E-state index in [1.807, 2.05) is 0 Å². The van der Waals surface area contributed by atoms with Crippen LogP contribution in [0.25, 0.3) is 0 Å². The van der Waals surface area contributed by atoms with Crippen molar-refractivity contribution in [1.82, 2.24) is 9.78 Å². The molecule has 1 aromatic rings. The van der Waals surface area contributed by atoms with Crippen LogP contribution in [0, 0.1) is 5.92 Å². The van der Waals surface area contributed by atoms with Crippen molar-refractivity contribution in [3.8, 4) is 0 Å². The van der Waals surface area contributed by atoms with Crippen LogP contribution >= 0.6 is 0 Å². The van der Waals surface area contributed by atoms with Gasteiger partial charge in [-0.3, -0.25) is 4.79 Å². The summed E-state index contributed by atoms with van der Waals surface area (Å²) in [6, 6.07) is 0. The Labute approximate surface area is 71.4 Å². The van der Waals surface area contributed by atoms with Crippen LogP contribution in [-0.2, 0) is 6.54 Å². The third-order valence-corrected chi connectivity index (χ3v) is 1.58. The van der Waals surface area contributed by atoms with Crippen LogP contribution in [0.4, 0.5) is 5.82 Å². The van der Waals surface area contributed by atoms with E-state index in [0.717, 1.165) is 12.8 Å². The van der Waals surface area contributed by atoms with Crippen molar-refractivity contribution in [2.45, 2.75) is 20.4 Å². The van der Waals surface area contributed by atoms with E-state index >= 15 is 0 Å². The Morgan fingerprint density at radius 2 is 2.42 bits per heavy atom. The molecule has 0 amide bonds. The highest BCUT2D eigenvalue weighted by Crippen LogP contribution is 2.09. The van der Waals surface area contributed by atoms with Gasteiger partial charge in [0.2, 0.25) is 0 Å². The van der Waals surface area contributed by atoms with Crippen molar-refractivity contribution in [2.75, 3.05) is 5.73 Å². The lowest BCUT2D eigenvalue weighted by atomic mass is 10.2. The van der Waals surface area contributed by atoms with Crippen molar-refractivity contribution < 1.29 is 4.79 Å². The lowest BCUT2D eigenvalue weighted by molar-refractivity contribution is 0.112. The number of rotatable bonds is 3. The number of aromatic nitrogens is 2. The molecule has 0 unspecified atom stereocenters. The van der Waals surface area contributed by atoms with Gasteiger partial charge < -0.3 is 5.73 Å². The van der Waals surface area contributed by atoms with E-state index in [2.05, 4.69) is 18.9 Å². The molecular weight excluding hydrogens is 154 g/mol. The van der Waals surface area contributed by atoms with Gasteiger partial charge in [-0.15, -0.1) is 0 Å². The number of anilines is 1. The van der Waals surface area contributed by atoms with Gasteiger partial charge in [0.1, 0.15) is 5.82 Å². The Bertz CT molecular complexity index is 278. The quantitative estimate of drug-likeness (QED) is 0.681. The summed E-state index contributed by atoms with van der Waals surface area (Å²) in [5.41, 5.74) is 6.10. The zero-order valence-electron chi connectivity index (χ0n) is 7.32. The van der Waals surface area contributed by atoms with Crippen molar-refractivity contribution >= 4 is 12.1 Å². The minimum atomic E-state index is 0.457.